The molecule has 0 aliphatic carbocycles. The summed E-state index contributed by atoms with van der Waals surface area (Å²) >= 11 is 6.06. The van der Waals surface area contributed by atoms with Crippen molar-refractivity contribution in [2.24, 2.45) is 0 Å². The van der Waals surface area contributed by atoms with Gasteiger partial charge in [-0.05, 0) is 30.2 Å². The molecule has 0 heterocycles. The standard InChI is InChI=1S/C20H23ClN2O5S/c1-4-18(19(24)22-13-14-8-6-5-7-9-14)28-20(25)16-12-15(10-11-17(16)21)29(26,27)23(2)3/h5-12,18H,4,13H2,1-3H3,(H,22,24). The number of rotatable bonds is 8. The summed E-state index contributed by atoms with van der Waals surface area (Å²) in [6, 6.07) is 13.1. The van der Waals surface area contributed by atoms with Crippen molar-refractivity contribution in [3.8, 4) is 0 Å². The summed E-state index contributed by atoms with van der Waals surface area (Å²) in [4.78, 5) is 24.9. The molecule has 1 unspecified atom stereocenters. The molecule has 2 rings (SSSR count). The first-order chi connectivity index (χ1) is 13.7. The quantitative estimate of drug-likeness (QED) is 0.640. The molecular formula is C20H23ClN2O5S. The van der Waals surface area contributed by atoms with Crippen LogP contribution in [0.25, 0.3) is 0 Å². The molecule has 2 aromatic carbocycles. The minimum Gasteiger partial charge on any atom is -0.449 e. The van der Waals surface area contributed by atoms with E-state index in [2.05, 4.69) is 5.32 Å². The minimum atomic E-state index is -3.75. The fraction of sp³-hybridized carbons (Fsp3) is 0.300. The van der Waals surface area contributed by atoms with Crippen LogP contribution in [0.3, 0.4) is 0 Å². The smallest absolute Gasteiger partial charge is 0.340 e. The minimum absolute atomic E-state index is 0.0345. The number of sulfonamides is 1. The van der Waals surface area contributed by atoms with Gasteiger partial charge < -0.3 is 10.1 Å². The number of nitrogens with one attached hydrogen (secondary N) is 1. The van der Waals surface area contributed by atoms with E-state index < -0.39 is 28.0 Å². The van der Waals surface area contributed by atoms with Gasteiger partial charge in [0, 0.05) is 20.6 Å². The van der Waals surface area contributed by atoms with E-state index >= 15 is 0 Å². The summed E-state index contributed by atoms with van der Waals surface area (Å²) < 4.78 is 30.9. The Balaban J connectivity index is 2.13. The van der Waals surface area contributed by atoms with Crippen molar-refractivity contribution in [1.82, 2.24) is 9.62 Å². The number of hydrogen-bond acceptors (Lipinski definition) is 5. The summed E-state index contributed by atoms with van der Waals surface area (Å²) in [6.07, 6.45) is -0.781. The Morgan fingerprint density at radius 3 is 2.38 bits per heavy atom. The third-order valence-corrected chi connectivity index (χ3v) is 6.30. The number of halogens is 1. The monoisotopic (exact) mass is 438 g/mol. The highest BCUT2D eigenvalue weighted by Crippen LogP contribution is 2.23. The van der Waals surface area contributed by atoms with Crippen molar-refractivity contribution >= 4 is 33.5 Å². The molecule has 1 N–H and O–H groups in total. The molecule has 7 nitrogen and oxygen atoms in total. The van der Waals surface area contributed by atoms with Crippen LogP contribution in [0.1, 0.15) is 29.3 Å². The first-order valence-corrected chi connectivity index (χ1v) is 10.7. The highest BCUT2D eigenvalue weighted by molar-refractivity contribution is 7.89. The number of amides is 1. The van der Waals surface area contributed by atoms with Crippen LogP contribution < -0.4 is 5.32 Å². The van der Waals surface area contributed by atoms with Gasteiger partial charge in [0.1, 0.15) is 0 Å². The number of hydrogen-bond donors (Lipinski definition) is 1. The second-order valence-electron chi connectivity index (χ2n) is 6.43. The van der Waals surface area contributed by atoms with E-state index in [1.807, 2.05) is 30.3 Å². The lowest BCUT2D eigenvalue weighted by molar-refractivity contribution is -0.130. The number of carbonyl (C=O) groups is 2. The average Bonchev–Trinajstić information content (AvgIpc) is 2.70. The summed E-state index contributed by atoms with van der Waals surface area (Å²) in [5.41, 5.74) is 0.788. The van der Waals surface area contributed by atoms with Gasteiger partial charge in [0.15, 0.2) is 6.10 Å². The summed E-state index contributed by atoms with van der Waals surface area (Å²) in [6.45, 7) is 2.00. The van der Waals surface area contributed by atoms with E-state index in [1.165, 1.54) is 26.2 Å². The first-order valence-electron chi connectivity index (χ1n) is 8.91. The van der Waals surface area contributed by atoms with Crippen molar-refractivity contribution in [3.63, 3.8) is 0 Å². The van der Waals surface area contributed by atoms with E-state index in [1.54, 1.807) is 6.92 Å². The van der Waals surface area contributed by atoms with Crippen LogP contribution in [-0.2, 0) is 26.1 Å². The molecule has 0 fully saturated rings. The maximum atomic E-state index is 12.6. The SMILES string of the molecule is CCC(OC(=O)c1cc(S(=O)(=O)N(C)C)ccc1Cl)C(=O)NCc1ccccc1. The second-order valence-corrected chi connectivity index (χ2v) is 8.99. The van der Waals surface area contributed by atoms with Gasteiger partial charge in [-0.2, -0.15) is 0 Å². The zero-order valence-electron chi connectivity index (χ0n) is 16.4. The molecule has 0 aliphatic rings. The predicted octanol–water partition coefficient (Wildman–Crippen LogP) is 2.84. The predicted molar refractivity (Wildman–Crippen MR) is 110 cm³/mol. The van der Waals surface area contributed by atoms with Crippen LogP contribution in [-0.4, -0.2) is 44.8 Å². The Hall–Kier alpha value is -2.42. The van der Waals surface area contributed by atoms with Crippen molar-refractivity contribution in [3.05, 3.63) is 64.7 Å². The molecule has 0 saturated heterocycles. The number of carbonyl (C=O) groups excluding carboxylic acids is 2. The van der Waals surface area contributed by atoms with Crippen LogP contribution in [0.15, 0.2) is 53.4 Å². The normalized spacial score (nSPS) is 12.4. The molecule has 0 saturated carbocycles. The highest BCUT2D eigenvalue weighted by Gasteiger charge is 2.25. The third-order valence-electron chi connectivity index (χ3n) is 4.16. The van der Waals surface area contributed by atoms with E-state index in [4.69, 9.17) is 16.3 Å². The van der Waals surface area contributed by atoms with E-state index in [9.17, 15) is 18.0 Å². The Bertz CT molecular complexity index is 978. The fourth-order valence-corrected chi connectivity index (χ4v) is 3.57. The lowest BCUT2D eigenvalue weighted by Gasteiger charge is -2.17. The van der Waals surface area contributed by atoms with Gasteiger partial charge in [-0.25, -0.2) is 17.5 Å². The van der Waals surface area contributed by atoms with Crippen LogP contribution in [0.2, 0.25) is 5.02 Å². The third kappa shape index (κ3) is 5.79. The van der Waals surface area contributed by atoms with Gasteiger partial charge >= 0.3 is 5.97 Å². The maximum absolute atomic E-state index is 12.6. The molecule has 2 aromatic rings. The fourth-order valence-electron chi connectivity index (χ4n) is 2.45. The van der Waals surface area contributed by atoms with Crippen molar-refractivity contribution in [2.75, 3.05) is 14.1 Å². The molecule has 0 radical (unpaired) electrons. The van der Waals surface area contributed by atoms with Crippen LogP contribution >= 0.6 is 11.6 Å². The van der Waals surface area contributed by atoms with Gasteiger partial charge in [-0.15, -0.1) is 0 Å². The van der Waals surface area contributed by atoms with Crippen molar-refractivity contribution in [2.45, 2.75) is 30.9 Å². The Kier molecular flexibility index (Phi) is 7.78. The van der Waals surface area contributed by atoms with Crippen LogP contribution in [0, 0.1) is 0 Å². The van der Waals surface area contributed by atoms with Crippen LogP contribution in [0.4, 0.5) is 0 Å². The largest absolute Gasteiger partial charge is 0.449 e. The van der Waals surface area contributed by atoms with Crippen molar-refractivity contribution in [1.29, 1.82) is 0 Å². The zero-order valence-corrected chi connectivity index (χ0v) is 18.0. The molecule has 9 heteroatoms. The molecule has 1 atom stereocenters. The molecule has 0 bridgehead atoms. The lowest BCUT2D eigenvalue weighted by Crippen LogP contribution is -2.37. The van der Waals surface area contributed by atoms with E-state index in [-0.39, 0.29) is 21.9 Å². The van der Waals surface area contributed by atoms with Gasteiger partial charge in [-0.1, -0.05) is 48.9 Å². The molecule has 0 aliphatic heterocycles. The topological polar surface area (TPSA) is 92.8 Å². The van der Waals surface area contributed by atoms with Crippen LogP contribution in [0.5, 0.6) is 0 Å². The molecule has 1 amide bonds. The Morgan fingerprint density at radius 2 is 1.79 bits per heavy atom. The molecular weight excluding hydrogens is 416 g/mol. The number of nitrogens with zero attached hydrogens (tertiary/aromatic N) is 1. The van der Waals surface area contributed by atoms with Gasteiger partial charge in [-0.3, -0.25) is 4.79 Å². The van der Waals surface area contributed by atoms with Gasteiger partial charge in [0.05, 0.1) is 15.5 Å². The molecule has 0 aromatic heterocycles. The number of ether oxygens (including phenoxy) is 1. The maximum Gasteiger partial charge on any atom is 0.340 e. The van der Waals surface area contributed by atoms with Gasteiger partial charge in [0.2, 0.25) is 10.0 Å². The average molecular weight is 439 g/mol. The lowest BCUT2D eigenvalue weighted by atomic mass is 10.2. The second kappa shape index (κ2) is 9.87. The number of benzene rings is 2. The summed E-state index contributed by atoms with van der Waals surface area (Å²) in [5.74, 6) is -1.31. The zero-order chi connectivity index (χ0) is 21.6. The van der Waals surface area contributed by atoms with E-state index in [0.29, 0.717) is 6.54 Å². The molecule has 0 spiro atoms. The summed E-state index contributed by atoms with van der Waals surface area (Å²) in [7, 11) is -0.990. The molecule has 29 heavy (non-hydrogen) atoms. The molecule has 156 valence electrons. The van der Waals surface area contributed by atoms with Crippen molar-refractivity contribution < 1.29 is 22.7 Å². The summed E-state index contributed by atoms with van der Waals surface area (Å²) in [5, 5.41) is 2.75. The Morgan fingerprint density at radius 1 is 1.14 bits per heavy atom. The van der Waals surface area contributed by atoms with E-state index in [0.717, 1.165) is 15.9 Å². The number of esters is 1. The first kappa shape index (κ1) is 22.9. The van der Waals surface area contributed by atoms with Gasteiger partial charge in [0.25, 0.3) is 5.91 Å². The Labute approximate surface area is 175 Å². The highest BCUT2D eigenvalue weighted by atomic mass is 35.5.